The van der Waals surface area contributed by atoms with Gasteiger partial charge in [-0.2, -0.15) is 0 Å². The number of nitrogens with one attached hydrogen (secondary N) is 1. The highest BCUT2D eigenvalue weighted by molar-refractivity contribution is 5.76. The van der Waals surface area contributed by atoms with Gasteiger partial charge in [0.1, 0.15) is 73.2 Å². The molecule has 1 amide bonds. The quantitative estimate of drug-likeness (QED) is 0.0202. The van der Waals surface area contributed by atoms with Crippen LogP contribution in [0.4, 0.5) is 0 Å². The number of hydrogen-bond donors (Lipinski definition) is 12. The van der Waals surface area contributed by atoms with Crippen LogP contribution in [-0.4, -0.2) is 193 Å². The Morgan fingerprint density at radius 2 is 0.802 bits per heavy atom. The van der Waals surface area contributed by atoms with Gasteiger partial charge in [0.2, 0.25) is 5.91 Å². The summed E-state index contributed by atoms with van der Waals surface area (Å²) in [6, 6.07) is -0.885. The van der Waals surface area contributed by atoms with Gasteiger partial charge in [-0.25, -0.2) is 0 Å². The second-order valence-corrected chi connectivity index (χ2v) is 24.3. The topological polar surface area (TPSA) is 307 Å². The number of carbonyl (C=O) groups is 1. The molecule has 502 valence electrons. The van der Waals surface area contributed by atoms with Gasteiger partial charge in [0.15, 0.2) is 18.9 Å². The van der Waals surface area contributed by atoms with Crippen molar-refractivity contribution in [2.45, 2.75) is 343 Å². The molecule has 3 heterocycles. The molecule has 3 saturated heterocycles. The van der Waals surface area contributed by atoms with Crippen LogP contribution in [0, 0.1) is 0 Å². The van der Waals surface area contributed by atoms with Crippen LogP contribution in [0.2, 0.25) is 0 Å². The van der Waals surface area contributed by atoms with Crippen LogP contribution >= 0.6 is 0 Å². The first-order chi connectivity index (χ1) is 41.8. The molecule has 19 heteroatoms. The fraction of sp³-hybridized carbons (Fsp3) is 0.866. The van der Waals surface area contributed by atoms with E-state index in [4.69, 9.17) is 28.4 Å². The molecule has 0 aromatic carbocycles. The average molecular weight is 1230 g/mol. The van der Waals surface area contributed by atoms with Crippen molar-refractivity contribution in [1.82, 2.24) is 5.32 Å². The minimum absolute atomic E-state index is 0.244. The van der Waals surface area contributed by atoms with Crippen molar-refractivity contribution in [3.8, 4) is 0 Å². The number of hydrogen-bond acceptors (Lipinski definition) is 18. The molecule has 0 aliphatic carbocycles. The summed E-state index contributed by atoms with van der Waals surface area (Å²) in [6.07, 6.45) is 30.8. The van der Waals surface area contributed by atoms with Gasteiger partial charge < -0.3 is 89.9 Å². The van der Waals surface area contributed by atoms with Gasteiger partial charge in [-0.1, -0.05) is 229 Å². The fourth-order valence-electron chi connectivity index (χ4n) is 11.4. The van der Waals surface area contributed by atoms with E-state index < -0.39 is 124 Å². The van der Waals surface area contributed by atoms with Crippen LogP contribution in [0.15, 0.2) is 48.6 Å². The Labute approximate surface area is 516 Å². The molecule has 0 aromatic heterocycles. The lowest BCUT2D eigenvalue weighted by Gasteiger charge is -2.48. The highest BCUT2D eigenvalue weighted by Gasteiger charge is 2.53. The summed E-state index contributed by atoms with van der Waals surface area (Å²) in [5.74, 6) is -0.244. The smallest absolute Gasteiger partial charge is 0.220 e. The van der Waals surface area contributed by atoms with E-state index >= 15 is 0 Å². The van der Waals surface area contributed by atoms with Crippen LogP contribution in [0.25, 0.3) is 0 Å². The first-order valence-corrected chi connectivity index (χ1v) is 33.9. The maximum Gasteiger partial charge on any atom is 0.220 e. The Kier molecular flexibility index (Phi) is 44.8. The predicted octanol–water partition coefficient (Wildman–Crippen LogP) is 8.22. The number of unbranched alkanes of at least 4 members (excludes halogenated alkanes) is 27. The lowest BCUT2D eigenvalue weighted by atomic mass is 9.96. The zero-order valence-electron chi connectivity index (χ0n) is 52.8. The number of amides is 1. The molecule has 3 rings (SSSR count). The maximum atomic E-state index is 13.4. The van der Waals surface area contributed by atoms with Crippen molar-refractivity contribution in [2.75, 3.05) is 26.4 Å². The summed E-state index contributed by atoms with van der Waals surface area (Å²) in [5.41, 5.74) is 0. The summed E-state index contributed by atoms with van der Waals surface area (Å²) in [4.78, 5) is 13.4. The van der Waals surface area contributed by atoms with E-state index in [-0.39, 0.29) is 18.9 Å². The Hall–Kier alpha value is -2.25. The molecule has 17 unspecified atom stereocenters. The second kappa shape index (κ2) is 49.5. The largest absolute Gasteiger partial charge is 0.394 e. The third-order valence-electron chi connectivity index (χ3n) is 16.9. The van der Waals surface area contributed by atoms with Gasteiger partial charge >= 0.3 is 0 Å². The molecule has 12 N–H and O–H groups in total. The molecule has 0 saturated carbocycles. The van der Waals surface area contributed by atoms with Crippen molar-refractivity contribution in [1.29, 1.82) is 0 Å². The van der Waals surface area contributed by atoms with Gasteiger partial charge in [0, 0.05) is 6.42 Å². The molecule has 19 nitrogen and oxygen atoms in total. The van der Waals surface area contributed by atoms with E-state index in [2.05, 4.69) is 67.8 Å². The van der Waals surface area contributed by atoms with E-state index in [1.165, 1.54) is 135 Å². The normalized spacial score (nSPS) is 29.1. The van der Waals surface area contributed by atoms with E-state index in [0.717, 1.165) is 70.6 Å². The number of allylic oxidation sites excluding steroid dienone is 8. The first-order valence-electron chi connectivity index (χ1n) is 33.9. The van der Waals surface area contributed by atoms with Crippen molar-refractivity contribution in [2.24, 2.45) is 0 Å². The van der Waals surface area contributed by atoms with Gasteiger partial charge in [0.25, 0.3) is 0 Å². The van der Waals surface area contributed by atoms with E-state index in [9.17, 15) is 61.0 Å². The lowest BCUT2D eigenvalue weighted by Crippen LogP contribution is -2.66. The molecule has 86 heavy (non-hydrogen) atoms. The highest BCUT2D eigenvalue weighted by Crippen LogP contribution is 2.33. The van der Waals surface area contributed by atoms with Gasteiger partial charge in [-0.15, -0.1) is 0 Å². The van der Waals surface area contributed by atoms with Gasteiger partial charge in [0.05, 0.1) is 38.6 Å². The summed E-state index contributed by atoms with van der Waals surface area (Å²) in [5, 5.41) is 120. The third-order valence-corrected chi connectivity index (χ3v) is 16.9. The SMILES string of the molecule is CC/C=C\C/C=C\C/C=C\C/C=C\CCCCCCCCCCCCCCCCCCCCC(=O)NC(COC1OC(CO)C(OC2OC(CO)C(OC3OC(CO)C(O)C(O)C3O)C(O)C2O)C(O)C1O)C(O)CCCCCCCCCCCC. The van der Waals surface area contributed by atoms with Gasteiger partial charge in [-0.3, -0.25) is 4.79 Å². The minimum Gasteiger partial charge on any atom is -0.394 e. The molecule has 0 aromatic rings. The monoisotopic (exact) mass is 1230 g/mol. The van der Waals surface area contributed by atoms with Crippen molar-refractivity contribution in [3.63, 3.8) is 0 Å². The zero-order chi connectivity index (χ0) is 62.6. The standard InChI is InChI=1S/C67H121NO18/c1-3-5-7-9-11-13-15-16-17-18-19-20-21-22-23-24-25-26-27-28-29-30-31-32-33-34-35-37-39-41-43-45-55(73)68-50(51(72)44-42-40-38-36-14-12-10-8-6-4-2)49-81-65-61(79)58(76)63(53(47-70)83-65)86-67-62(80)59(77)64(54(48-71)84-67)85-66-60(78)57(75)56(74)52(46-69)82-66/h5,7,11,13,16-17,19-20,50-54,56-67,69-72,74-80H,3-4,6,8-10,12,14-15,18,21-49H2,1-2H3,(H,68,73)/b7-5-,13-11-,17-16-,20-19-. The van der Waals surface area contributed by atoms with Crippen LogP contribution in [0.5, 0.6) is 0 Å². The van der Waals surface area contributed by atoms with Crippen LogP contribution < -0.4 is 5.32 Å². The molecule has 3 aliphatic heterocycles. The van der Waals surface area contributed by atoms with Crippen molar-refractivity contribution < 1.29 is 89.4 Å². The number of ether oxygens (including phenoxy) is 6. The number of carbonyl (C=O) groups excluding carboxylic acids is 1. The van der Waals surface area contributed by atoms with E-state index in [0.29, 0.717) is 12.8 Å². The molecule has 17 atom stereocenters. The Morgan fingerprint density at radius 1 is 0.430 bits per heavy atom. The molecular weight excluding hydrogens is 1110 g/mol. The molecular formula is C67H121NO18. The van der Waals surface area contributed by atoms with E-state index in [1.54, 1.807) is 0 Å². The molecule has 0 radical (unpaired) electrons. The Morgan fingerprint density at radius 3 is 1.26 bits per heavy atom. The van der Waals surface area contributed by atoms with Crippen molar-refractivity contribution >= 4 is 5.91 Å². The summed E-state index contributed by atoms with van der Waals surface area (Å²) in [6.45, 7) is 1.66. The summed E-state index contributed by atoms with van der Waals surface area (Å²) in [7, 11) is 0. The fourth-order valence-corrected chi connectivity index (χ4v) is 11.4. The van der Waals surface area contributed by atoms with Gasteiger partial charge in [-0.05, 0) is 51.4 Å². The Balaban J connectivity index is 1.34. The lowest BCUT2D eigenvalue weighted by molar-refractivity contribution is -0.379. The van der Waals surface area contributed by atoms with Crippen LogP contribution in [0.3, 0.4) is 0 Å². The summed E-state index contributed by atoms with van der Waals surface area (Å²) < 4.78 is 34.3. The maximum absolute atomic E-state index is 13.4. The minimum atomic E-state index is -1.97. The first kappa shape index (κ1) is 78.0. The highest BCUT2D eigenvalue weighted by atomic mass is 16.8. The molecule has 3 aliphatic rings. The molecule has 0 bridgehead atoms. The predicted molar refractivity (Wildman–Crippen MR) is 332 cm³/mol. The summed E-state index contributed by atoms with van der Waals surface area (Å²) >= 11 is 0. The number of aliphatic hydroxyl groups is 11. The van der Waals surface area contributed by atoms with Crippen LogP contribution in [0.1, 0.15) is 239 Å². The second-order valence-electron chi connectivity index (χ2n) is 24.3. The van der Waals surface area contributed by atoms with Crippen LogP contribution in [-0.2, 0) is 33.2 Å². The zero-order valence-corrected chi connectivity index (χ0v) is 52.8. The van der Waals surface area contributed by atoms with Crippen molar-refractivity contribution in [3.05, 3.63) is 48.6 Å². The third kappa shape index (κ3) is 31.7. The molecule has 3 fully saturated rings. The van der Waals surface area contributed by atoms with E-state index in [1.807, 2.05) is 0 Å². The average Bonchev–Trinajstić information content (AvgIpc) is 1.89. The number of rotatable bonds is 51. The molecule has 0 spiro atoms. The Bertz CT molecular complexity index is 1750. The number of aliphatic hydroxyl groups excluding tert-OH is 11.